The van der Waals surface area contributed by atoms with Crippen molar-refractivity contribution in [3.63, 3.8) is 0 Å². The quantitative estimate of drug-likeness (QED) is 0.751. The zero-order valence-electron chi connectivity index (χ0n) is 10.9. The van der Waals surface area contributed by atoms with Gasteiger partial charge in [-0.2, -0.15) is 0 Å². The molecule has 0 saturated heterocycles. The summed E-state index contributed by atoms with van der Waals surface area (Å²) in [5, 5.41) is 13.4. The summed E-state index contributed by atoms with van der Waals surface area (Å²) in [6, 6.07) is 0.538. The van der Waals surface area contributed by atoms with E-state index in [-0.39, 0.29) is 12.8 Å². The zero-order chi connectivity index (χ0) is 15.6. The molecule has 1 aromatic rings. The summed E-state index contributed by atoms with van der Waals surface area (Å²) in [5.41, 5.74) is -1.97. The van der Waals surface area contributed by atoms with Crippen LogP contribution in [0.4, 0.5) is 23.7 Å². The van der Waals surface area contributed by atoms with Gasteiger partial charge in [0.25, 0.3) is 0 Å². The van der Waals surface area contributed by atoms with Crippen LogP contribution in [0.3, 0.4) is 0 Å². The van der Waals surface area contributed by atoms with Crippen molar-refractivity contribution in [2.45, 2.75) is 31.2 Å². The number of hydrogen-bond acceptors (Lipinski definition) is 2. The van der Waals surface area contributed by atoms with Gasteiger partial charge in [0.1, 0.15) is 5.54 Å². The number of urea groups is 1. The molecule has 0 radical (unpaired) electrons. The molecule has 0 atom stereocenters. The Morgan fingerprint density at radius 1 is 1.10 bits per heavy atom. The van der Waals surface area contributed by atoms with Gasteiger partial charge in [-0.25, -0.2) is 22.8 Å². The van der Waals surface area contributed by atoms with Gasteiger partial charge in [0, 0.05) is 0 Å². The molecule has 3 N–H and O–H groups in total. The number of benzene rings is 1. The lowest BCUT2D eigenvalue weighted by molar-refractivity contribution is -0.144. The lowest BCUT2D eigenvalue weighted by Gasteiger charge is -2.25. The first-order valence-corrected chi connectivity index (χ1v) is 6.32. The maximum absolute atomic E-state index is 13.4. The Morgan fingerprint density at radius 3 is 2.29 bits per heavy atom. The highest BCUT2D eigenvalue weighted by Crippen LogP contribution is 2.30. The average molecular weight is 302 g/mol. The van der Waals surface area contributed by atoms with Crippen molar-refractivity contribution in [2.24, 2.45) is 0 Å². The molecule has 114 valence electrons. The molecule has 21 heavy (non-hydrogen) atoms. The highest BCUT2D eigenvalue weighted by molar-refractivity contribution is 5.94. The normalized spacial score (nSPS) is 16.5. The third kappa shape index (κ3) is 2.93. The van der Waals surface area contributed by atoms with Gasteiger partial charge in [0.2, 0.25) is 0 Å². The Morgan fingerprint density at radius 2 is 1.71 bits per heavy atom. The average Bonchev–Trinajstić information content (AvgIpc) is 2.89. The molecule has 0 bridgehead atoms. The maximum Gasteiger partial charge on any atom is 0.329 e. The minimum atomic E-state index is -1.71. The maximum atomic E-state index is 13.4. The number of carbonyl (C=O) groups excluding carboxylic acids is 1. The molecule has 0 spiro atoms. The molecule has 0 unspecified atom stereocenters. The van der Waals surface area contributed by atoms with Gasteiger partial charge >= 0.3 is 12.0 Å². The second kappa shape index (κ2) is 5.63. The number of carboxylic acids is 1. The second-order valence-electron chi connectivity index (χ2n) is 4.90. The molecule has 1 aliphatic rings. The molecule has 1 aliphatic carbocycles. The predicted molar refractivity (Wildman–Crippen MR) is 67.3 cm³/mol. The Kier molecular flexibility index (Phi) is 4.06. The number of hydrogen-bond donors (Lipinski definition) is 3. The first-order chi connectivity index (χ1) is 9.85. The Labute approximate surface area is 118 Å². The van der Waals surface area contributed by atoms with Gasteiger partial charge in [-0.05, 0) is 25.0 Å². The number of carbonyl (C=O) groups is 2. The van der Waals surface area contributed by atoms with E-state index >= 15 is 0 Å². The molecule has 8 heteroatoms. The van der Waals surface area contributed by atoms with Crippen LogP contribution >= 0.6 is 0 Å². The van der Waals surface area contributed by atoms with Crippen molar-refractivity contribution in [1.29, 1.82) is 0 Å². The third-order valence-electron chi connectivity index (χ3n) is 3.50. The Bertz CT molecular complexity index is 586. The highest BCUT2D eigenvalue weighted by atomic mass is 19.2. The molecular weight excluding hydrogens is 289 g/mol. The van der Waals surface area contributed by atoms with Gasteiger partial charge in [0.05, 0.1) is 5.69 Å². The molecule has 1 aromatic carbocycles. The fraction of sp³-hybridized carbons (Fsp3) is 0.385. The monoisotopic (exact) mass is 302 g/mol. The summed E-state index contributed by atoms with van der Waals surface area (Å²) in [4.78, 5) is 23.0. The predicted octanol–water partition coefficient (Wildman–Crippen LogP) is 2.62. The SMILES string of the molecule is O=C(Nc1ccc(F)c(F)c1F)NC1(C(=O)O)CCCC1. The van der Waals surface area contributed by atoms with Crippen molar-refractivity contribution in [1.82, 2.24) is 5.32 Å². The molecule has 2 amide bonds. The summed E-state index contributed by atoms with van der Waals surface area (Å²) in [6.07, 6.45) is 1.81. The summed E-state index contributed by atoms with van der Waals surface area (Å²) < 4.78 is 39.2. The molecule has 0 aliphatic heterocycles. The van der Waals surface area contributed by atoms with Crippen LogP contribution in [-0.4, -0.2) is 22.6 Å². The van der Waals surface area contributed by atoms with Crippen LogP contribution < -0.4 is 10.6 Å². The van der Waals surface area contributed by atoms with E-state index in [1.807, 2.05) is 5.32 Å². The minimum Gasteiger partial charge on any atom is -0.480 e. The summed E-state index contributed by atoms with van der Waals surface area (Å²) in [6.45, 7) is 0. The Balaban J connectivity index is 2.12. The summed E-state index contributed by atoms with van der Waals surface area (Å²) in [5.74, 6) is -5.81. The van der Waals surface area contributed by atoms with Crippen LogP contribution in [-0.2, 0) is 4.79 Å². The van der Waals surface area contributed by atoms with Crippen molar-refractivity contribution in [2.75, 3.05) is 5.32 Å². The van der Waals surface area contributed by atoms with Crippen molar-refractivity contribution >= 4 is 17.7 Å². The van der Waals surface area contributed by atoms with Gasteiger partial charge in [-0.15, -0.1) is 0 Å². The van der Waals surface area contributed by atoms with E-state index in [0.29, 0.717) is 18.9 Å². The number of halogens is 3. The van der Waals surface area contributed by atoms with E-state index < -0.39 is 40.7 Å². The largest absolute Gasteiger partial charge is 0.480 e. The fourth-order valence-electron chi connectivity index (χ4n) is 2.36. The standard InChI is InChI=1S/C13H13F3N2O3/c14-7-3-4-8(10(16)9(7)15)17-12(21)18-13(11(19)20)5-1-2-6-13/h3-4H,1-2,5-6H2,(H,19,20)(H2,17,18,21). The summed E-state index contributed by atoms with van der Waals surface area (Å²) in [7, 11) is 0. The van der Waals surface area contributed by atoms with Crippen LogP contribution in [0.5, 0.6) is 0 Å². The van der Waals surface area contributed by atoms with Gasteiger partial charge < -0.3 is 15.7 Å². The molecule has 5 nitrogen and oxygen atoms in total. The van der Waals surface area contributed by atoms with Crippen LogP contribution in [0, 0.1) is 17.5 Å². The molecule has 0 heterocycles. The molecule has 1 saturated carbocycles. The van der Waals surface area contributed by atoms with E-state index in [0.717, 1.165) is 6.07 Å². The molecule has 0 aromatic heterocycles. The number of anilines is 1. The highest BCUT2D eigenvalue weighted by Gasteiger charge is 2.42. The van der Waals surface area contributed by atoms with Gasteiger partial charge in [0.15, 0.2) is 17.5 Å². The first kappa shape index (κ1) is 15.1. The van der Waals surface area contributed by atoms with Crippen LogP contribution in [0.25, 0.3) is 0 Å². The minimum absolute atomic E-state index is 0.260. The smallest absolute Gasteiger partial charge is 0.329 e. The lowest BCUT2D eigenvalue weighted by Crippen LogP contribution is -2.53. The van der Waals surface area contributed by atoms with Gasteiger partial charge in [-0.1, -0.05) is 12.8 Å². The first-order valence-electron chi connectivity index (χ1n) is 6.32. The number of aliphatic carboxylic acids is 1. The number of amides is 2. The number of carboxylic acid groups (broad SMARTS) is 1. The fourth-order valence-corrected chi connectivity index (χ4v) is 2.36. The van der Waals surface area contributed by atoms with Crippen molar-refractivity contribution in [3.05, 3.63) is 29.6 Å². The topological polar surface area (TPSA) is 78.4 Å². The molecule has 1 fully saturated rings. The van der Waals surface area contributed by atoms with E-state index in [2.05, 4.69) is 5.32 Å². The van der Waals surface area contributed by atoms with Crippen LogP contribution in [0.2, 0.25) is 0 Å². The van der Waals surface area contributed by atoms with Crippen molar-refractivity contribution in [3.8, 4) is 0 Å². The molecule has 2 rings (SSSR count). The van der Waals surface area contributed by atoms with Crippen LogP contribution in [0.1, 0.15) is 25.7 Å². The number of nitrogens with one attached hydrogen (secondary N) is 2. The van der Waals surface area contributed by atoms with Gasteiger partial charge in [-0.3, -0.25) is 0 Å². The third-order valence-corrected chi connectivity index (χ3v) is 3.50. The van der Waals surface area contributed by atoms with Crippen LogP contribution in [0.15, 0.2) is 12.1 Å². The van der Waals surface area contributed by atoms with E-state index in [4.69, 9.17) is 0 Å². The Hall–Kier alpha value is -2.25. The van der Waals surface area contributed by atoms with E-state index in [9.17, 15) is 27.9 Å². The second-order valence-corrected chi connectivity index (χ2v) is 4.90. The number of rotatable bonds is 3. The van der Waals surface area contributed by atoms with E-state index in [1.165, 1.54) is 0 Å². The lowest BCUT2D eigenvalue weighted by atomic mass is 9.98. The van der Waals surface area contributed by atoms with E-state index in [1.54, 1.807) is 0 Å². The zero-order valence-corrected chi connectivity index (χ0v) is 10.9. The van der Waals surface area contributed by atoms with Crippen molar-refractivity contribution < 1.29 is 27.9 Å². The molecular formula is C13H13F3N2O3. The summed E-state index contributed by atoms with van der Waals surface area (Å²) >= 11 is 0.